The quantitative estimate of drug-likeness (QED) is 0.766. The minimum atomic E-state index is -0.460. The van der Waals surface area contributed by atoms with E-state index in [2.05, 4.69) is 10.1 Å². The van der Waals surface area contributed by atoms with Crippen LogP contribution in [0.15, 0.2) is 4.52 Å². The smallest absolute Gasteiger partial charge is 0.410 e. The number of amides is 1. The van der Waals surface area contributed by atoms with Gasteiger partial charge in [-0.05, 0) is 27.2 Å². The second-order valence-corrected chi connectivity index (χ2v) is 5.58. The van der Waals surface area contributed by atoms with Crippen LogP contribution in [0.4, 0.5) is 4.79 Å². The van der Waals surface area contributed by atoms with Gasteiger partial charge in [-0.1, -0.05) is 5.16 Å². The predicted molar refractivity (Wildman–Crippen MR) is 64.2 cm³/mol. The summed E-state index contributed by atoms with van der Waals surface area (Å²) < 4.78 is 10.3. The maximum absolute atomic E-state index is 11.9. The molecule has 1 atom stereocenters. The number of aryl methyl sites for hydroxylation is 1. The SMILES string of the molecule is Cc1nc([C@H]2CCN(C(=O)OC(C)(C)C)C2)no1. The van der Waals surface area contributed by atoms with Gasteiger partial charge in [-0.3, -0.25) is 0 Å². The lowest BCUT2D eigenvalue weighted by Gasteiger charge is -2.24. The standard InChI is InChI=1S/C12H19N3O3/c1-8-13-10(14-18-8)9-5-6-15(7-9)11(16)17-12(2,3)4/h9H,5-7H2,1-4H3/t9-/m0/s1. The van der Waals surface area contributed by atoms with E-state index in [0.29, 0.717) is 24.8 Å². The van der Waals surface area contributed by atoms with E-state index in [9.17, 15) is 4.79 Å². The van der Waals surface area contributed by atoms with Crippen molar-refractivity contribution >= 4 is 6.09 Å². The summed E-state index contributed by atoms with van der Waals surface area (Å²) in [5.41, 5.74) is -0.460. The van der Waals surface area contributed by atoms with Gasteiger partial charge in [0.2, 0.25) is 5.89 Å². The average molecular weight is 253 g/mol. The van der Waals surface area contributed by atoms with E-state index in [-0.39, 0.29) is 12.0 Å². The third kappa shape index (κ3) is 3.00. The van der Waals surface area contributed by atoms with Crippen molar-refractivity contribution in [2.45, 2.75) is 45.6 Å². The summed E-state index contributed by atoms with van der Waals surface area (Å²) in [4.78, 5) is 17.8. The molecule has 0 unspecified atom stereocenters. The van der Waals surface area contributed by atoms with Gasteiger partial charge in [-0.15, -0.1) is 0 Å². The third-order valence-corrected chi connectivity index (χ3v) is 2.75. The lowest BCUT2D eigenvalue weighted by molar-refractivity contribution is 0.0292. The van der Waals surface area contributed by atoms with E-state index in [1.165, 1.54) is 0 Å². The van der Waals surface area contributed by atoms with Crippen LogP contribution in [0.25, 0.3) is 0 Å². The monoisotopic (exact) mass is 253 g/mol. The zero-order valence-electron chi connectivity index (χ0n) is 11.3. The number of hydrogen-bond donors (Lipinski definition) is 0. The molecule has 1 fully saturated rings. The summed E-state index contributed by atoms with van der Waals surface area (Å²) in [5, 5.41) is 3.90. The van der Waals surface area contributed by atoms with Crippen molar-refractivity contribution in [1.29, 1.82) is 0 Å². The Hall–Kier alpha value is -1.59. The van der Waals surface area contributed by atoms with Gasteiger partial charge in [0.05, 0.1) is 0 Å². The molecule has 2 rings (SSSR count). The Morgan fingerprint density at radius 1 is 1.50 bits per heavy atom. The summed E-state index contributed by atoms with van der Waals surface area (Å²) in [6, 6.07) is 0. The first-order valence-corrected chi connectivity index (χ1v) is 6.13. The normalized spacial score (nSPS) is 20.2. The largest absolute Gasteiger partial charge is 0.444 e. The molecule has 1 saturated heterocycles. The molecule has 6 nitrogen and oxygen atoms in total. The summed E-state index contributed by atoms with van der Waals surface area (Å²) in [5.74, 6) is 1.38. The second-order valence-electron chi connectivity index (χ2n) is 5.58. The molecule has 100 valence electrons. The van der Waals surface area contributed by atoms with Crippen molar-refractivity contribution in [3.8, 4) is 0 Å². The van der Waals surface area contributed by atoms with Crippen LogP contribution in [0.3, 0.4) is 0 Å². The molecule has 1 aliphatic heterocycles. The zero-order chi connectivity index (χ0) is 13.3. The summed E-state index contributed by atoms with van der Waals surface area (Å²) in [6.45, 7) is 8.61. The molecule has 1 aromatic rings. The Morgan fingerprint density at radius 2 is 2.22 bits per heavy atom. The molecule has 1 aliphatic rings. The molecule has 0 saturated carbocycles. The first kappa shape index (κ1) is 12.9. The Bertz CT molecular complexity index is 436. The summed E-state index contributed by atoms with van der Waals surface area (Å²) in [6.07, 6.45) is 0.573. The number of likely N-dealkylation sites (tertiary alicyclic amines) is 1. The van der Waals surface area contributed by atoms with Gasteiger partial charge < -0.3 is 14.2 Å². The van der Waals surface area contributed by atoms with Gasteiger partial charge in [0.15, 0.2) is 5.82 Å². The van der Waals surface area contributed by atoms with Crippen molar-refractivity contribution < 1.29 is 14.1 Å². The molecule has 1 aromatic heterocycles. The fourth-order valence-corrected chi connectivity index (χ4v) is 1.94. The van der Waals surface area contributed by atoms with Crippen LogP contribution in [-0.4, -0.2) is 39.8 Å². The number of rotatable bonds is 1. The van der Waals surface area contributed by atoms with E-state index < -0.39 is 5.60 Å². The fraction of sp³-hybridized carbons (Fsp3) is 0.750. The highest BCUT2D eigenvalue weighted by Gasteiger charge is 2.32. The molecule has 2 heterocycles. The van der Waals surface area contributed by atoms with E-state index in [1.54, 1.807) is 11.8 Å². The molecule has 0 aromatic carbocycles. The molecule has 0 bridgehead atoms. The Balaban J connectivity index is 1.94. The van der Waals surface area contributed by atoms with Gasteiger partial charge >= 0.3 is 6.09 Å². The van der Waals surface area contributed by atoms with E-state index in [4.69, 9.17) is 9.26 Å². The van der Waals surface area contributed by atoms with Gasteiger partial charge in [-0.25, -0.2) is 4.79 Å². The molecule has 0 radical (unpaired) electrons. The number of hydrogen-bond acceptors (Lipinski definition) is 5. The van der Waals surface area contributed by atoms with Crippen LogP contribution >= 0.6 is 0 Å². The number of ether oxygens (including phenoxy) is 1. The van der Waals surface area contributed by atoms with Crippen LogP contribution < -0.4 is 0 Å². The maximum atomic E-state index is 11.9. The van der Waals surface area contributed by atoms with Crippen molar-refractivity contribution in [2.75, 3.05) is 13.1 Å². The van der Waals surface area contributed by atoms with Crippen LogP contribution in [0.1, 0.15) is 44.8 Å². The minimum absolute atomic E-state index is 0.148. The number of aromatic nitrogens is 2. The highest BCUT2D eigenvalue weighted by molar-refractivity contribution is 5.68. The van der Waals surface area contributed by atoms with Crippen LogP contribution in [0.5, 0.6) is 0 Å². The van der Waals surface area contributed by atoms with Crippen LogP contribution in [0.2, 0.25) is 0 Å². The molecule has 18 heavy (non-hydrogen) atoms. The first-order valence-electron chi connectivity index (χ1n) is 6.13. The molecular weight excluding hydrogens is 234 g/mol. The lowest BCUT2D eigenvalue weighted by Crippen LogP contribution is -2.35. The molecular formula is C12H19N3O3. The number of carbonyl (C=O) groups is 1. The zero-order valence-corrected chi connectivity index (χ0v) is 11.3. The maximum Gasteiger partial charge on any atom is 0.410 e. The fourth-order valence-electron chi connectivity index (χ4n) is 1.94. The Kier molecular flexibility index (Phi) is 3.28. The third-order valence-electron chi connectivity index (χ3n) is 2.75. The molecule has 1 amide bonds. The molecule has 0 spiro atoms. The van der Waals surface area contributed by atoms with Gasteiger partial charge in [0.25, 0.3) is 0 Å². The summed E-state index contributed by atoms with van der Waals surface area (Å²) in [7, 11) is 0. The van der Waals surface area contributed by atoms with Crippen LogP contribution in [-0.2, 0) is 4.74 Å². The van der Waals surface area contributed by atoms with Gasteiger partial charge in [-0.2, -0.15) is 4.98 Å². The molecule has 0 N–H and O–H groups in total. The lowest BCUT2D eigenvalue weighted by atomic mass is 10.1. The Labute approximate surface area is 106 Å². The Morgan fingerprint density at radius 3 is 2.78 bits per heavy atom. The average Bonchev–Trinajstić information content (AvgIpc) is 2.82. The minimum Gasteiger partial charge on any atom is -0.444 e. The highest BCUT2D eigenvalue weighted by Crippen LogP contribution is 2.26. The molecule has 6 heteroatoms. The second kappa shape index (κ2) is 4.59. The van der Waals surface area contributed by atoms with Crippen molar-refractivity contribution in [3.63, 3.8) is 0 Å². The van der Waals surface area contributed by atoms with E-state index >= 15 is 0 Å². The van der Waals surface area contributed by atoms with E-state index in [0.717, 1.165) is 6.42 Å². The van der Waals surface area contributed by atoms with E-state index in [1.807, 2.05) is 20.8 Å². The number of nitrogens with zero attached hydrogens (tertiary/aromatic N) is 3. The van der Waals surface area contributed by atoms with Crippen molar-refractivity contribution in [3.05, 3.63) is 11.7 Å². The highest BCUT2D eigenvalue weighted by atomic mass is 16.6. The van der Waals surface area contributed by atoms with Crippen LogP contribution in [0, 0.1) is 6.92 Å². The summed E-state index contributed by atoms with van der Waals surface area (Å²) >= 11 is 0. The van der Waals surface area contributed by atoms with Crippen molar-refractivity contribution in [1.82, 2.24) is 15.0 Å². The number of carbonyl (C=O) groups excluding carboxylic acids is 1. The van der Waals surface area contributed by atoms with Crippen molar-refractivity contribution in [2.24, 2.45) is 0 Å². The van der Waals surface area contributed by atoms with Gasteiger partial charge in [0, 0.05) is 25.9 Å². The topological polar surface area (TPSA) is 68.5 Å². The van der Waals surface area contributed by atoms with Gasteiger partial charge in [0.1, 0.15) is 5.60 Å². The first-order chi connectivity index (χ1) is 8.35. The molecule has 0 aliphatic carbocycles. The predicted octanol–water partition coefficient (Wildman–Crippen LogP) is 2.10.